The predicted octanol–water partition coefficient (Wildman–Crippen LogP) is 1.77. The summed E-state index contributed by atoms with van der Waals surface area (Å²) in [4.78, 5) is 0. The third-order valence-corrected chi connectivity index (χ3v) is 5.93. The molecule has 2 unspecified atom stereocenters. The molecule has 0 amide bonds. The standard InChI is InChI=1S/C18H38O4S.Na/c1-3-14-17(19)15-12-10-8-6-5-7-9-11-13-16-18(4-2)23(20,21)22;/h17-19H,3-16H2,1-2H3,(H,20,21,22);/q;+1/p-1. The molecule has 0 spiro atoms. The van der Waals surface area contributed by atoms with Crippen LogP contribution in [0.4, 0.5) is 0 Å². The monoisotopic (exact) mass is 372 g/mol. The molecule has 0 aromatic carbocycles. The zero-order chi connectivity index (χ0) is 17.6. The van der Waals surface area contributed by atoms with E-state index in [0.29, 0.717) is 12.8 Å². The van der Waals surface area contributed by atoms with Crippen molar-refractivity contribution in [1.82, 2.24) is 0 Å². The molecule has 0 aliphatic rings. The van der Waals surface area contributed by atoms with E-state index in [4.69, 9.17) is 0 Å². The quantitative estimate of drug-likeness (QED) is 0.254. The van der Waals surface area contributed by atoms with Gasteiger partial charge in [-0.2, -0.15) is 0 Å². The van der Waals surface area contributed by atoms with E-state index < -0.39 is 15.4 Å². The normalized spacial score (nSPS) is 14.2. The van der Waals surface area contributed by atoms with Crippen LogP contribution in [-0.2, 0) is 10.1 Å². The van der Waals surface area contributed by atoms with E-state index in [1.807, 2.05) is 0 Å². The van der Waals surface area contributed by atoms with Gasteiger partial charge in [-0.05, 0) is 25.7 Å². The number of hydrogen-bond acceptors (Lipinski definition) is 4. The Morgan fingerprint density at radius 1 is 0.792 bits per heavy atom. The van der Waals surface area contributed by atoms with E-state index in [-0.39, 0.29) is 35.7 Å². The van der Waals surface area contributed by atoms with Crippen LogP contribution >= 0.6 is 0 Å². The van der Waals surface area contributed by atoms with Crippen LogP contribution in [0.5, 0.6) is 0 Å². The molecule has 0 saturated heterocycles. The first kappa shape index (κ1) is 27.1. The predicted molar refractivity (Wildman–Crippen MR) is 95.5 cm³/mol. The largest absolute Gasteiger partial charge is 1.00 e. The summed E-state index contributed by atoms with van der Waals surface area (Å²) in [6, 6.07) is 0. The van der Waals surface area contributed by atoms with Crippen LogP contribution in [0.3, 0.4) is 0 Å². The fourth-order valence-corrected chi connectivity index (χ4v) is 3.88. The fourth-order valence-electron chi connectivity index (χ4n) is 3.02. The molecule has 0 aliphatic heterocycles. The van der Waals surface area contributed by atoms with Gasteiger partial charge < -0.3 is 9.66 Å². The Balaban J connectivity index is 0. The Labute approximate surface area is 172 Å². The average molecular weight is 373 g/mol. The summed E-state index contributed by atoms with van der Waals surface area (Å²) in [5.41, 5.74) is 0. The fraction of sp³-hybridized carbons (Fsp3) is 1.00. The van der Waals surface area contributed by atoms with Gasteiger partial charge in [-0.15, -0.1) is 0 Å². The second-order valence-electron chi connectivity index (χ2n) is 6.72. The van der Waals surface area contributed by atoms with Crippen molar-refractivity contribution in [1.29, 1.82) is 0 Å². The number of rotatable bonds is 16. The Kier molecular flexibility index (Phi) is 19.5. The third kappa shape index (κ3) is 16.3. The van der Waals surface area contributed by atoms with Crippen molar-refractivity contribution in [2.45, 2.75) is 115 Å². The Hall–Kier alpha value is 0.870. The van der Waals surface area contributed by atoms with Gasteiger partial charge in [0.2, 0.25) is 0 Å². The zero-order valence-electron chi connectivity index (χ0n) is 16.1. The summed E-state index contributed by atoms with van der Waals surface area (Å²) in [5, 5.41) is 8.93. The second kappa shape index (κ2) is 17.3. The van der Waals surface area contributed by atoms with Gasteiger partial charge >= 0.3 is 29.6 Å². The minimum absolute atomic E-state index is 0. The van der Waals surface area contributed by atoms with Crippen molar-refractivity contribution in [3.05, 3.63) is 0 Å². The molecular weight excluding hydrogens is 335 g/mol. The van der Waals surface area contributed by atoms with E-state index in [2.05, 4.69) is 6.92 Å². The first-order chi connectivity index (χ1) is 10.9. The number of unbranched alkanes of at least 4 members (excludes halogenated alkanes) is 8. The maximum atomic E-state index is 11.0. The van der Waals surface area contributed by atoms with Crippen LogP contribution in [0, 0.1) is 0 Å². The van der Waals surface area contributed by atoms with Gasteiger partial charge in [-0.25, -0.2) is 8.42 Å². The molecule has 0 heterocycles. The molecular formula is C18H37NaO4S. The van der Waals surface area contributed by atoms with Crippen molar-refractivity contribution in [2.75, 3.05) is 0 Å². The van der Waals surface area contributed by atoms with E-state index in [0.717, 1.165) is 44.9 Å². The second-order valence-corrected chi connectivity index (χ2v) is 8.38. The SMILES string of the molecule is CCCC(O)CCCCCCCCCCCC(CC)S(=O)(=O)[O-].[Na+]. The minimum atomic E-state index is -4.10. The summed E-state index contributed by atoms with van der Waals surface area (Å²) < 4.78 is 32.9. The van der Waals surface area contributed by atoms with Crippen molar-refractivity contribution in [3.63, 3.8) is 0 Å². The molecule has 0 aliphatic carbocycles. The Bertz CT molecular complexity index is 360. The maximum Gasteiger partial charge on any atom is 1.00 e. The zero-order valence-corrected chi connectivity index (χ0v) is 19.0. The maximum absolute atomic E-state index is 11.0. The third-order valence-electron chi connectivity index (χ3n) is 4.55. The summed E-state index contributed by atoms with van der Waals surface area (Å²) in [5.74, 6) is 0. The summed E-state index contributed by atoms with van der Waals surface area (Å²) in [6.07, 6.45) is 14.0. The summed E-state index contributed by atoms with van der Waals surface area (Å²) >= 11 is 0. The van der Waals surface area contributed by atoms with Crippen molar-refractivity contribution >= 4 is 10.1 Å². The van der Waals surface area contributed by atoms with Gasteiger partial charge in [0.25, 0.3) is 0 Å². The summed E-state index contributed by atoms with van der Waals surface area (Å²) in [6.45, 7) is 3.87. The first-order valence-corrected chi connectivity index (χ1v) is 11.0. The van der Waals surface area contributed by atoms with Crippen LogP contribution in [0.25, 0.3) is 0 Å². The molecule has 6 heteroatoms. The van der Waals surface area contributed by atoms with Crippen LogP contribution in [0.15, 0.2) is 0 Å². The van der Waals surface area contributed by atoms with Gasteiger partial charge in [0.1, 0.15) is 0 Å². The van der Waals surface area contributed by atoms with E-state index in [1.54, 1.807) is 6.92 Å². The molecule has 0 bridgehead atoms. The topological polar surface area (TPSA) is 77.4 Å². The van der Waals surface area contributed by atoms with Gasteiger partial charge in [0.15, 0.2) is 0 Å². The molecule has 0 aromatic rings. The van der Waals surface area contributed by atoms with Crippen LogP contribution < -0.4 is 29.6 Å². The first-order valence-electron chi connectivity index (χ1n) is 9.54. The summed E-state index contributed by atoms with van der Waals surface area (Å²) in [7, 11) is -4.10. The molecule has 1 N–H and O–H groups in total. The molecule has 0 fully saturated rings. The Morgan fingerprint density at radius 3 is 1.58 bits per heavy atom. The number of aliphatic hydroxyl groups excluding tert-OH is 1. The minimum Gasteiger partial charge on any atom is -0.748 e. The average Bonchev–Trinajstić information content (AvgIpc) is 2.47. The molecule has 0 saturated carbocycles. The number of aliphatic hydroxyl groups is 1. The molecule has 0 rings (SSSR count). The molecule has 2 atom stereocenters. The van der Waals surface area contributed by atoms with E-state index in [9.17, 15) is 18.1 Å². The van der Waals surface area contributed by atoms with Crippen molar-refractivity contribution < 1.29 is 47.6 Å². The van der Waals surface area contributed by atoms with Gasteiger partial charge in [0.05, 0.1) is 16.2 Å². The molecule has 140 valence electrons. The van der Waals surface area contributed by atoms with Crippen LogP contribution in [0.1, 0.15) is 104 Å². The van der Waals surface area contributed by atoms with Crippen LogP contribution in [0.2, 0.25) is 0 Å². The van der Waals surface area contributed by atoms with Gasteiger partial charge in [-0.3, -0.25) is 0 Å². The van der Waals surface area contributed by atoms with Crippen LogP contribution in [-0.4, -0.2) is 29.4 Å². The van der Waals surface area contributed by atoms with E-state index in [1.165, 1.54) is 32.1 Å². The smallest absolute Gasteiger partial charge is 0.748 e. The van der Waals surface area contributed by atoms with Gasteiger partial charge in [0, 0.05) is 5.25 Å². The van der Waals surface area contributed by atoms with E-state index >= 15 is 0 Å². The van der Waals surface area contributed by atoms with Crippen molar-refractivity contribution in [2.24, 2.45) is 0 Å². The van der Waals surface area contributed by atoms with Gasteiger partial charge in [-0.1, -0.05) is 78.1 Å². The molecule has 24 heavy (non-hydrogen) atoms. The molecule has 0 radical (unpaired) electrons. The molecule has 0 aromatic heterocycles. The van der Waals surface area contributed by atoms with Crippen molar-refractivity contribution in [3.8, 4) is 0 Å². The number of hydrogen-bond donors (Lipinski definition) is 1. The molecule has 4 nitrogen and oxygen atoms in total. The Morgan fingerprint density at radius 2 is 1.21 bits per heavy atom.